The van der Waals surface area contributed by atoms with Crippen LogP contribution in [-0.4, -0.2) is 62.9 Å². The lowest BCUT2D eigenvalue weighted by molar-refractivity contribution is 0.110. The number of aryl methyl sites for hydroxylation is 1. The Morgan fingerprint density at radius 3 is 2.56 bits per heavy atom. The fraction of sp³-hybridized carbons (Fsp3) is 0.393. The van der Waals surface area contributed by atoms with Gasteiger partial charge in [0.2, 0.25) is 5.89 Å². The van der Waals surface area contributed by atoms with Crippen LogP contribution in [0.25, 0.3) is 11.0 Å². The van der Waals surface area contributed by atoms with Crippen LogP contribution in [0.5, 0.6) is 0 Å². The molecule has 6 rings (SSSR count). The Bertz CT molecular complexity index is 1620. The van der Waals surface area contributed by atoms with Crippen molar-refractivity contribution in [1.82, 2.24) is 29.9 Å². The molecule has 5 heterocycles. The molecule has 1 unspecified atom stereocenters. The van der Waals surface area contributed by atoms with Gasteiger partial charge in [0.05, 0.1) is 11.2 Å². The number of nitrogens with one attached hydrogen (secondary N) is 1. The lowest BCUT2D eigenvalue weighted by Gasteiger charge is -2.47. The van der Waals surface area contributed by atoms with Crippen molar-refractivity contribution >= 4 is 16.7 Å². The maximum absolute atomic E-state index is 13.8. The van der Waals surface area contributed by atoms with E-state index in [2.05, 4.69) is 45.2 Å². The van der Waals surface area contributed by atoms with Gasteiger partial charge in [0.25, 0.3) is 5.56 Å². The van der Waals surface area contributed by atoms with Gasteiger partial charge in [-0.25, -0.2) is 9.37 Å². The number of nitriles is 1. The number of aromatic nitrogens is 4. The van der Waals surface area contributed by atoms with Crippen molar-refractivity contribution in [2.45, 2.75) is 37.9 Å². The third-order valence-electron chi connectivity index (χ3n) is 7.88. The van der Waals surface area contributed by atoms with Crippen LogP contribution in [0.2, 0.25) is 0 Å². The molecule has 2 fully saturated rings. The maximum atomic E-state index is 13.8. The van der Waals surface area contributed by atoms with Crippen LogP contribution < -0.4 is 15.8 Å². The molecule has 1 N–H and O–H groups in total. The number of piperazine rings is 1. The third-order valence-corrected chi connectivity index (χ3v) is 7.88. The molecule has 0 radical (unpaired) electrons. The molecule has 3 atom stereocenters. The number of anilines is 1. The van der Waals surface area contributed by atoms with Crippen LogP contribution in [0, 0.1) is 17.1 Å². The van der Waals surface area contributed by atoms with Crippen molar-refractivity contribution < 1.29 is 8.91 Å². The van der Waals surface area contributed by atoms with Crippen molar-refractivity contribution in [3.8, 4) is 6.07 Å². The molecule has 2 aliphatic rings. The lowest BCUT2D eigenvalue weighted by atomic mass is 9.98. The van der Waals surface area contributed by atoms with Crippen LogP contribution in [0.3, 0.4) is 0 Å². The van der Waals surface area contributed by atoms with E-state index in [0.29, 0.717) is 47.2 Å². The minimum atomic E-state index is -0.358. The van der Waals surface area contributed by atoms with Crippen LogP contribution in [0.15, 0.2) is 51.8 Å². The summed E-state index contributed by atoms with van der Waals surface area (Å²) in [6.07, 6.45) is 0. The topological polar surface area (TPSA) is 116 Å². The molecule has 1 aromatic carbocycles. The number of hydrogen-bond donors (Lipinski definition) is 1. The summed E-state index contributed by atoms with van der Waals surface area (Å²) in [5.41, 5.74) is 3.03. The van der Waals surface area contributed by atoms with Gasteiger partial charge in [-0.1, -0.05) is 17.3 Å². The second-order valence-electron chi connectivity index (χ2n) is 10.5. The smallest absolute Gasteiger partial charge is 0.252 e. The van der Waals surface area contributed by atoms with E-state index in [1.165, 1.54) is 12.1 Å². The van der Waals surface area contributed by atoms with Crippen molar-refractivity contribution in [3.63, 3.8) is 0 Å². The molecule has 200 valence electrons. The first-order valence-corrected chi connectivity index (χ1v) is 13.1. The minimum absolute atomic E-state index is 0.00442. The maximum Gasteiger partial charge on any atom is 0.252 e. The van der Waals surface area contributed by atoms with Gasteiger partial charge < -0.3 is 19.3 Å². The Morgan fingerprint density at radius 1 is 1.10 bits per heavy atom. The molecule has 0 spiro atoms. The molecule has 4 aromatic rings. The molecule has 2 saturated heterocycles. The fourth-order valence-corrected chi connectivity index (χ4v) is 5.56. The first-order chi connectivity index (χ1) is 18.8. The zero-order valence-corrected chi connectivity index (χ0v) is 22.0. The second kappa shape index (κ2) is 9.87. The number of halogens is 1. The Balaban J connectivity index is 1.37. The molecule has 0 aliphatic carbocycles. The molecule has 0 saturated carbocycles. The highest BCUT2D eigenvalue weighted by atomic mass is 19.1. The zero-order valence-electron chi connectivity index (χ0n) is 22.0. The average molecular weight is 529 g/mol. The van der Waals surface area contributed by atoms with E-state index in [9.17, 15) is 14.4 Å². The summed E-state index contributed by atoms with van der Waals surface area (Å²) in [6, 6.07) is 13.1. The van der Waals surface area contributed by atoms with Gasteiger partial charge in [-0.3, -0.25) is 9.69 Å². The molecule has 0 amide bonds. The SMILES string of the molecule is C[C@@H]1CN(c2cc(=O)n(C)c3ccc(C#N)nc23)[C@@H](C)CN1C(c1ccc(F)cc1)c1nc(C2CNC2)no1. The number of pyridine rings is 2. The van der Waals surface area contributed by atoms with Crippen molar-refractivity contribution in [1.29, 1.82) is 5.26 Å². The van der Waals surface area contributed by atoms with Gasteiger partial charge >= 0.3 is 0 Å². The highest BCUT2D eigenvalue weighted by molar-refractivity contribution is 5.89. The molecule has 39 heavy (non-hydrogen) atoms. The number of hydrogen-bond acceptors (Lipinski definition) is 9. The van der Waals surface area contributed by atoms with Crippen molar-refractivity contribution in [2.75, 3.05) is 31.1 Å². The van der Waals surface area contributed by atoms with E-state index >= 15 is 0 Å². The highest BCUT2D eigenvalue weighted by Crippen LogP contribution is 2.36. The quantitative estimate of drug-likeness (QED) is 0.417. The number of fused-ring (bicyclic) bond motifs is 1. The van der Waals surface area contributed by atoms with E-state index in [-0.39, 0.29) is 35.4 Å². The third kappa shape index (κ3) is 4.45. The molecular weight excluding hydrogens is 499 g/mol. The van der Waals surface area contributed by atoms with Crippen LogP contribution in [0.1, 0.15) is 48.8 Å². The van der Waals surface area contributed by atoms with Gasteiger partial charge in [0.15, 0.2) is 5.82 Å². The van der Waals surface area contributed by atoms with Gasteiger partial charge in [-0.05, 0) is 43.7 Å². The first-order valence-electron chi connectivity index (χ1n) is 13.1. The Kier molecular flexibility index (Phi) is 6.37. The van der Waals surface area contributed by atoms with Crippen LogP contribution >= 0.6 is 0 Å². The fourth-order valence-electron chi connectivity index (χ4n) is 5.56. The molecule has 10 nitrogen and oxygen atoms in total. The van der Waals surface area contributed by atoms with E-state index in [0.717, 1.165) is 18.7 Å². The Hall–Kier alpha value is -4.14. The minimum Gasteiger partial charge on any atom is -0.364 e. The second-order valence-corrected chi connectivity index (χ2v) is 10.5. The molecule has 2 aliphatic heterocycles. The summed E-state index contributed by atoms with van der Waals surface area (Å²) in [7, 11) is 1.71. The zero-order chi connectivity index (χ0) is 27.3. The first kappa shape index (κ1) is 25.2. The summed E-state index contributed by atoms with van der Waals surface area (Å²) in [5.74, 6) is 1.08. The molecular formula is C28H29FN8O2. The Labute approximate surface area is 224 Å². The standard InChI is InChI=1S/C28H29FN8O2/c1-16-15-37(26(18-4-6-20(29)7-5-18)28-33-27(34-39-28)19-12-31-13-19)17(2)14-36(16)23-10-24(38)35(3)22-9-8-21(11-30)32-25(22)23/h4-10,16-17,19,26,31H,12-15H2,1-3H3/t16-,17+,26?/m0/s1. The van der Waals surface area contributed by atoms with Gasteiger partial charge in [-0.2, -0.15) is 10.2 Å². The van der Waals surface area contributed by atoms with Crippen LogP contribution in [-0.2, 0) is 7.05 Å². The highest BCUT2D eigenvalue weighted by Gasteiger charge is 2.39. The van der Waals surface area contributed by atoms with Gasteiger partial charge in [-0.15, -0.1) is 0 Å². The summed E-state index contributed by atoms with van der Waals surface area (Å²) < 4.78 is 21.2. The van der Waals surface area contributed by atoms with E-state index < -0.39 is 0 Å². The van der Waals surface area contributed by atoms with E-state index in [4.69, 9.17) is 9.51 Å². The Morgan fingerprint density at radius 2 is 1.87 bits per heavy atom. The lowest BCUT2D eigenvalue weighted by Crippen LogP contribution is -2.57. The van der Waals surface area contributed by atoms with E-state index in [1.54, 1.807) is 41.9 Å². The number of rotatable bonds is 5. The number of nitrogens with zero attached hydrogens (tertiary/aromatic N) is 7. The molecule has 0 bridgehead atoms. The van der Waals surface area contributed by atoms with Crippen LogP contribution in [0.4, 0.5) is 10.1 Å². The summed E-state index contributed by atoms with van der Waals surface area (Å²) in [4.78, 5) is 26.7. The monoisotopic (exact) mass is 528 g/mol. The van der Waals surface area contributed by atoms with Crippen molar-refractivity contribution in [3.05, 3.63) is 81.6 Å². The van der Waals surface area contributed by atoms with Gasteiger partial charge in [0.1, 0.15) is 29.1 Å². The normalized spacial score (nSPS) is 21.1. The molecule has 3 aromatic heterocycles. The predicted octanol–water partition coefficient (Wildman–Crippen LogP) is 2.70. The van der Waals surface area contributed by atoms with Gasteiger partial charge in [0, 0.05) is 57.3 Å². The largest absolute Gasteiger partial charge is 0.364 e. The van der Waals surface area contributed by atoms with Crippen molar-refractivity contribution in [2.24, 2.45) is 7.05 Å². The van der Waals surface area contributed by atoms with E-state index in [1.807, 2.05) is 0 Å². The summed E-state index contributed by atoms with van der Waals surface area (Å²) in [6.45, 7) is 7.04. The molecule has 11 heteroatoms. The summed E-state index contributed by atoms with van der Waals surface area (Å²) in [5, 5.41) is 17.0. The number of benzene rings is 1. The average Bonchev–Trinajstić information content (AvgIpc) is 3.36. The summed E-state index contributed by atoms with van der Waals surface area (Å²) >= 11 is 0. The predicted molar refractivity (Wildman–Crippen MR) is 143 cm³/mol.